The minimum atomic E-state index is -0.143. The van der Waals surface area contributed by atoms with Gasteiger partial charge in [-0.15, -0.1) is 0 Å². The highest BCUT2D eigenvalue weighted by Crippen LogP contribution is 2.24. The zero-order valence-electron chi connectivity index (χ0n) is 10.4. The van der Waals surface area contributed by atoms with Crippen molar-refractivity contribution in [3.63, 3.8) is 0 Å². The van der Waals surface area contributed by atoms with Crippen molar-refractivity contribution in [3.8, 4) is 0 Å². The van der Waals surface area contributed by atoms with Crippen molar-refractivity contribution in [3.05, 3.63) is 52.3 Å². The van der Waals surface area contributed by atoms with Crippen LogP contribution in [0.2, 0.25) is 0 Å². The molecule has 2 heterocycles. The zero-order valence-corrected chi connectivity index (χ0v) is 11.9. The number of aromatic nitrogens is 2. The lowest BCUT2D eigenvalue weighted by Crippen LogP contribution is -2.03. The molecular formula is C14H11BrN4O. The van der Waals surface area contributed by atoms with Gasteiger partial charge in [-0.2, -0.15) is 0 Å². The Balaban J connectivity index is 2.15. The Morgan fingerprint density at radius 2 is 1.85 bits per heavy atom. The van der Waals surface area contributed by atoms with Gasteiger partial charge in [0.25, 0.3) is 0 Å². The molecule has 20 heavy (non-hydrogen) atoms. The van der Waals surface area contributed by atoms with E-state index in [9.17, 15) is 4.79 Å². The molecule has 0 amide bonds. The molecule has 1 aromatic carbocycles. The van der Waals surface area contributed by atoms with Gasteiger partial charge in [-0.3, -0.25) is 4.79 Å². The normalized spacial score (nSPS) is 10.8. The maximum atomic E-state index is 12.6. The highest BCUT2D eigenvalue weighted by Gasteiger charge is 2.15. The molecular weight excluding hydrogens is 320 g/mol. The number of carbonyl (C=O) groups excluding carboxylic acids is 1. The zero-order chi connectivity index (χ0) is 14.3. The molecule has 6 heteroatoms. The molecule has 0 aliphatic carbocycles. The molecule has 0 aliphatic heterocycles. The third kappa shape index (κ3) is 2.14. The number of halogens is 1. The lowest BCUT2D eigenvalue weighted by Gasteiger charge is -2.03. The number of nitrogen functional groups attached to an aromatic ring is 2. The number of anilines is 2. The molecule has 0 spiro atoms. The van der Waals surface area contributed by atoms with Crippen LogP contribution >= 0.6 is 15.9 Å². The summed E-state index contributed by atoms with van der Waals surface area (Å²) >= 11 is 3.35. The minimum Gasteiger partial charge on any atom is -0.399 e. The number of pyridine rings is 1. The van der Waals surface area contributed by atoms with Crippen molar-refractivity contribution >= 4 is 44.1 Å². The van der Waals surface area contributed by atoms with Gasteiger partial charge in [0.15, 0.2) is 5.78 Å². The molecule has 0 atom stereocenters. The SMILES string of the molecule is Nc1cc(N)cc(C(=O)c2c[nH]c3ncc(Br)cc23)c1. The van der Waals surface area contributed by atoms with E-state index in [-0.39, 0.29) is 5.78 Å². The summed E-state index contributed by atoms with van der Waals surface area (Å²) in [5, 5.41) is 0.755. The number of H-pyrrole nitrogens is 1. The van der Waals surface area contributed by atoms with Gasteiger partial charge in [0.2, 0.25) is 0 Å². The number of ketones is 1. The number of benzene rings is 1. The molecule has 0 aliphatic rings. The second-order valence-corrected chi connectivity index (χ2v) is 5.39. The molecule has 0 unspecified atom stereocenters. The van der Waals surface area contributed by atoms with Crippen molar-refractivity contribution in [1.82, 2.24) is 9.97 Å². The predicted octanol–water partition coefficient (Wildman–Crippen LogP) is 2.72. The summed E-state index contributed by atoms with van der Waals surface area (Å²) in [6, 6.07) is 6.69. The number of carbonyl (C=O) groups is 1. The van der Waals surface area contributed by atoms with E-state index < -0.39 is 0 Å². The monoisotopic (exact) mass is 330 g/mol. The summed E-state index contributed by atoms with van der Waals surface area (Å²) in [7, 11) is 0. The smallest absolute Gasteiger partial charge is 0.195 e. The van der Waals surface area contributed by atoms with Crippen molar-refractivity contribution in [2.24, 2.45) is 0 Å². The van der Waals surface area contributed by atoms with Crippen molar-refractivity contribution < 1.29 is 4.79 Å². The van der Waals surface area contributed by atoms with Crippen LogP contribution < -0.4 is 11.5 Å². The molecule has 0 fully saturated rings. The Hall–Kier alpha value is -2.34. The molecule has 3 aromatic rings. The van der Waals surface area contributed by atoms with Crippen LogP contribution in [0.3, 0.4) is 0 Å². The number of nitrogens with zero attached hydrogens (tertiary/aromatic N) is 1. The number of nitrogens with one attached hydrogen (secondary N) is 1. The number of hydrogen-bond acceptors (Lipinski definition) is 4. The standard InChI is InChI=1S/C14H11BrN4O/c15-8-3-11-12(6-19-14(11)18-5-8)13(20)7-1-9(16)4-10(17)2-7/h1-6H,16-17H2,(H,18,19). The second kappa shape index (κ2) is 4.64. The van der Waals surface area contributed by atoms with Crippen LogP contribution in [0.25, 0.3) is 11.0 Å². The molecule has 2 aromatic heterocycles. The van der Waals surface area contributed by atoms with Crippen LogP contribution in [0.15, 0.2) is 41.1 Å². The van der Waals surface area contributed by atoms with Crippen LogP contribution in [0, 0.1) is 0 Å². The molecule has 5 nitrogen and oxygen atoms in total. The Bertz CT molecular complexity index is 805. The van der Waals surface area contributed by atoms with E-state index >= 15 is 0 Å². The molecule has 0 bridgehead atoms. The number of fused-ring (bicyclic) bond motifs is 1. The molecule has 5 N–H and O–H groups in total. The van der Waals surface area contributed by atoms with Gasteiger partial charge < -0.3 is 16.5 Å². The van der Waals surface area contributed by atoms with Gasteiger partial charge in [-0.25, -0.2) is 4.98 Å². The van der Waals surface area contributed by atoms with Crippen LogP contribution in [-0.2, 0) is 0 Å². The first kappa shape index (κ1) is 12.7. The first-order valence-corrected chi connectivity index (χ1v) is 6.67. The van der Waals surface area contributed by atoms with Gasteiger partial charge in [-0.1, -0.05) is 0 Å². The van der Waals surface area contributed by atoms with Crippen LogP contribution in [-0.4, -0.2) is 15.8 Å². The van der Waals surface area contributed by atoms with Gasteiger partial charge >= 0.3 is 0 Å². The first-order chi connectivity index (χ1) is 9.54. The first-order valence-electron chi connectivity index (χ1n) is 5.88. The minimum absolute atomic E-state index is 0.143. The number of aromatic amines is 1. The van der Waals surface area contributed by atoms with Crippen LogP contribution in [0.4, 0.5) is 11.4 Å². The third-order valence-electron chi connectivity index (χ3n) is 2.98. The van der Waals surface area contributed by atoms with Gasteiger partial charge in [0.1, 0.15) is 5.65 Å². The van der Waals surface area contributed by atoms with Gasteiger partial charge in [-0.05, 0) is 40.2 Å². The summed E-state index contributed by atoms with van der Waals surface area (Å²) < 4.78 is 0.811. The summed E-state index contributed by atoms with van der Waals surface area (Å²) in [4.78, 5) is 19.8. The number of hydrogen-bond donors (Lipinski definition) is 3. The Morgan fingerprint density at radius 3 is 2.55 bits per heavy atom. The van der Waals surface area contributed by atoms with E-state index in [1.807, 2.05) is 6.07 Å². The Kier molecular flexibility index (Phi) is 2.94. The lowest BCUT2D eigenvalue weighted by atomic mass is 10.0. The average Bonchev–Trinajstić information content (AvgIpc) is 2.79. The fourth-order valence-corrected chi connectivity index (χ4v) is 2.46. The summed E-state index contributed by atoms with van der Waals surface area (Å²) in [5.41, 5.74) is 14.0. The van der Waals surface area contributed by atoms with Crippen molar-refractivity contribution in [2.75, 3.05) is 11.5 Å². The summed E-state index contributed by atoms with van der Waals surface area (Å²) in [5.74, 6) is -0.143. The maximum Gasteiger partial charge on any atom is 0.195 e. The summed E-state index contributed by atoms with van der Waals surface area (Å²) in [6.07, 6.45) is 3.32. The Morgan fingerprint density at radius 1 is 1.15 bits per heavy atom. The predicted molar refractivity (Wildman–Crippen MR) is 82.5 cm³/mol. The topological polar surface area (TPSA) is 97.8 Å². The van der Waals surface area contributed by atoms with E-state index in [0.717, 1.165) is 9.86 Å². The van der Waals surface area contributed by atoms with E-state index in [2.05, 4.69) is 25.9 Å². The highest BCUT2D eigenvalue weighted by atomic mass is 79.9. The van der Waals surface area contributed by atoms with Crippen molar-refractivity contribution in [2.45, 2.75) is 0 Å². The lowest BCUT2D eigenvalue weighted by molar-refractivity contribution is 0.104. The number of nitrogens with two attached hydrogens (primary N) is 2. The summed E-state index contributed by atoms with van der Waals surface area (Å²) in [6.45, 7) is 0. The van der Waals surface area contributed by atoms with E-state index in [1.165, 1.54) is 0 Å². The molecule has 0 radical (unpaired) electrons. The largest absolute Gasteiger partial charge is 0.399 e. The molecule has 3 rings (SSSR count). The fraction of sp³-hybridized carbons (Fsp3) is 0. The van der Waals surface area contributed by atoms with Crippen LogP contribution in [0.1, 0.15) is 15.9 Å². The fourth-order valence-electron chi connectivity index (χ4n) is 2.13. The molecule has 0 saturated heterocycles. The number of rotatable bonds is 2. The van der Waals surface area contributed by atoms with Gasteiger partial charge in [0.05, 0.1) is 0 Å². The van der Waals surface area contributed by atoms with Gasteiger partial charge in [0, 0.05) is 44.8 Å². The van der Waals surface area contributed by atoms with Crippen molar-refractivity contribution in [1.29, 1.82) is 0 Å². The average molecular weight is 331 g/mol. The quantitative estimate of drug-likeness (QED) is 0.497. The second-order valence-electron chi connectivity index (χ2n) is 4.47. The van der Waals surface area contributed by atoms with E-state index in [4.69, 9.17) is 11.5 Å². The molecule has 0 saturated carbocycles. The third-order valence-corrected chi connectivity index (χ3v) is 3.42. The molecule has 100 valence electrons. The van der Waals surface area contributed by atoms with E-state index in [0.29, 0.717) is 28.1 Å². The van der Waals surface area contributed by atoms with E-state index in [1.54, 1.807) is 30.6 Å². The van der Waals surface area contributed by atoms with Crippen LogP contribution in [0.5, 0.6) is 0 Å². The Labute approximate surface area is 123 Å². The maximum absolute atomic E-state index is 12.6. The highest BCUT2D eigenvalue weighted by molar-refractivity contribution is 9.10.